The van der Waals surface area contributed by atoms with Crippen molar-refractivity contribution >= 4 is 12.7 Å². The molecule has 1 aromatic heterocycles. The van der Waals surface area contributed by atoms with Gasteiger partial charge in [-0.05, 0) is 0 Å². The predicted octanol–water partition coefficient (Wildman–Crippen LogP) is -1.49. The van der Waals surface area contributed by atoms with Gasteiger partial charge in [0.1, 0.15) is 5.59 Å². The van der Waals surface area contributed by atoms with E-state index >= 15 is 0 Å². The summed E-state index contributed by atoms with van der Waals surface area (Å²) in [5, 5.41) is 23.0. The summed E-state index contributed by atoms with van der Waals surface area (Å²) in [6.07, 6.45) is -4.73. The van der Waals surface area contributed by atoms with Crippen molar-refractivity contribution in [3.05, 3.63) is 5.69 Å². The maximum absolute atomic E-state index is 12.1. The van der Waals surface area contributed by atoms with Gasteiger partial charge in [-0.1, -0.05) is 5.21 Å². The molecule has 0 aliphatic heterocycles. The molecule has 0 amide bonds. The fourth-order valence-electron chi connectivity index (χ4n) is 0.856. The van der Waals surface area contributed by atoms with Crippen molar-refractivity contribution < 1.29 is 23.2 Å². The highest BCUT2D eigenvalue weighted by atomic mass is 19.4. The van der Waals surface area contributed by atoms with Crippen LogP contribution in [0.4, 0.5) is 13.2 Å². The Morgan fingerprint density at radius 3 is 2.23 bits per heavy atom. The standard InChI is InChI=1S/C4H5BF3N3O2/c1-11-3(5(12)13)2(9-10-11)4(6,7)8/h12-13H,1H3. The average molecular weight is 195 g/mol. The second-order valence-electron chi connectivity index (χ2n) is 2.32. The van der Waals surface area contributed by atoms with Gasteiger partial charge in [0.25, 0.3) is 0 Å². The molecule has 1 heterocycles. The number of aryl methyl sites for hydroxylation is 1. The normalized spacial score (nSPS) is 11.8. The Morgan fingerprint density at radius 2 is 1.92 bits per heavy atom. The third-order valence-electron chi connectivity index (χ3n) is 1.38. The lowest BCUT2D eigenvalue weighted by Gasteiger charge is -2.05. The van der Waals surface area contributed by atoms with E-state index in [1.165, 1.54) is 0 Å². The highest BCUT2D eigenvalue weighted by Gasteiger charge is 2.41. The van der Waals surface area contributed by atoms with Crippen LogP contribution in [0, 0.1) is 0 Å². The van der Waals surface area contributed by atoms with Gasteiger partial charge in [-0.15, -0.1) is 5.10 Å². The van der Waals surface area contributed by atoms with E-state index in [2.05, 4.69) is 10.3 Å². The van der Waals surface area contributed by atoms with E-state index in [1.54, 1.807) is 0 Å². The van der Waals surface area contributed by atoms with Gasteiger partial charge in [0.05, 0.1) is 0 Å². The summed E-state index contributed by atoms with van der Waals surface area (Å²) in [4.78, 5) is 0. The molecule has 0 spiro atoms. The number of nitrogens with zero attached hydrogens (tertiary/aromatic N) is 3. The second-order valence-corrected chi connectivity index (χ2v) is 2.32. The van der Waals surface area contributed by atoms with Crippen molar-refractivity contribution in [1.82, 2.24) is 15.0 Å². The maximum atomic E-state index is 12.1. The fourth-order valence-corrected chi connectivity index (χ4v) is 0.856. The van der Waals surface area contributed by atoms with Gasteiger partial charge in [-0.25, -0.2) is 0 Å². The quantitative estimate of drug-likeness (QED) is 0.535. The molecule has 0 saturated heterocycles. The molecule has 0 aromatic carbocycles. The molecule has 0 saturated carbocycles. The Labute approximate surface area is 70.9 Å². The Balaban J connectivity index is 3.23. The summed E-state index contributed by atoms with van der Waals surface area (Å²) in [6, 6.07) is 0. The molecular weight excluding hydrogens is 190 g/mol. The molecule has 0 atom stereocenters. The molecule has 0 bridgehead atoms. The lowest BCUT2D eigenvalue weighted by Crippen LogP contribution is -2.40. The van der Waals surface area contributed by atoms with Gasteiger partial charge >= 0.3 is 13.3 Å². The van der Waals surface area contributed by atoms with Crippen LogP contribution in [-0.2, 0) is 13.2 Å². The zero-order chi connectivity index (χ0) is 10.2. The first-order valence-corrected chi connectivity index (χ1v) is 3.17. The summed E-state index contributed by atoms with van der Waals surface area (Å²) >= 11 is 0. The van der Waals surface area contributed by atoms with E-state index in [0.717, 1.165) is 7.05 Å². The van der Waals surface area contributed by atoms with Gasteiger partial charge in [0.2, 0.25) is 0 Å². The SMILES string of the molecule is Cn1nnc(C(F)(F)F)c1B(O)O. The Bertz CT molecular complexity index is 310. The van der Waals surface area contributed by atoms with Gasteiger partial charge in [0, 0.05) is 7.05 Å². The first-order valence-electron chi connectivity index (χ1n) is 3.17. The molecule has 1 aromatic rings. The van der Waals surface area contributed by atoms with Gasteiger partial charge in [-0.2, -0.15) is 13.2 Å². The third-order valence-corrected chi connectivity index (χ3v) is 1.38. The van der Waals surface area contributed by atoms with Crippen molar-refractivity contribution in [3.63, 3.8) is 0 Å². The minimum Gasteiger partial charge on any atom is -0.422 e. The second kappa shape index (κ2) is 3.00. The first kappa shape index (κ1) is 10.00. The highest BCUT2D eigenvalue weighted by molar-refractivity contribution is 6.58. The molecule has 0 aliphatic rings. The molecule has 72 valence electrons. The van der Waals surface area contributed by atoms with Crippen LogP contribution in [0.2, 0.25) is 0 Å². The van der Waals surface area contributed by atoms with Gasteiger partial charge < -0.3 is 10.0 Å². The number of aromatic nitrogens is 3. The zero-order valence-electron chi connectivity index (χ0n) is 6.45. The van der Waals surface area contributed by atoms with Crippen LogP contribution in [0.15, 0.2) is 0 Å². The number of halogens is 3. The van der Waals surface area contributed by atoms with E-state index in [4.69, 9.17) is 10.0 Å². The Kier molecular flexibility index (Phi) is 2.31. The molecule has 0 radical (unpaired) electrons. The number of hydrogen-bond donors (Lipinski definition) is 2. The molecule has 0 aliphatic carbocycles. The van der Waals surface area contributed by atoms with Gasteiger partial charge in [0.15, 0.2) is 5.69 Å². The molecule has 13 heavy (non-hydrogen) atoms. The summed E-state index contributed by atoms with van der Waals surface area (Å²) in [5.41, 5.74) is -2.16. The number of hydrogen-bond acceptors (Lipinski definition) is 4. The molecule has 0 fully saturated rings. The van der Waals surface area contributed by atoms with Crippen molar-refractivity contribution in [2.24, 2.45) is 7.05 Å². The van der Waals surface area contributed by atoms with Crippen LogP contribution in [0.25, 0.3) is 0 Å². The van der Waals surface area contributed by atoms with E-state index in [9.17, 15) is 13.2 Å². The molecule has 9 heteroatoms. The van der Waals surface area contributed by atoms with Crippen molar-refractivity contribution in [2.75, 3.05) is 0 Å². The van der Waals surface area contributed by atoms with Crippen LogP contribution < -0.4 is 5.59 Å². The van der Waals surface area contributed by atoms with Crippen LogP contribution in [0.3, 0.4) is 0 Å². The fraction of sp³-hybridized carbons (Fsp3) is 0.500. The maximum Gasteiger partial charge on any atom is 0.510 e. The van der Waals surface area contributed by atoms with Crippen LogP contribution in [0.5, 0.6) is 0 Å². The Hall–Kier alpha value is -1.09. The molecular formula is C4H5BF3N3O2. The summed E-state index contributed by atoms with van der Waals surface area (Å²) in [6.45, 7) is 0. The molecule has 1 rings (SSSR count). The molecule has 0 unspecified atom stereocenters. The summed E-state index contributed by atoms with van der Waals surface area (Å²) in [7, 11) is -1.10. The smallest absolute Gasteiger partial charge is 0.422 e. The number of rotatable bonds is 1. The first-order chi connectivity index (χ1) is 5.84. The minimum absolute atomic E-state index is 0.660. The van der Waals surface area contributed by atoms with E-state index in [0.29, 0.717) is 4.68 Å². The molecule has 2 N–H and O–H groups in total. The number of alkyl halides is 3. The summed E-state index contributed by atoms with van der Waals surface area (Å²) in [5.74, 6) is 0. The average Bonchev–Trinajstić information content (AvgIpc) is 2.28. The van der Waals surface area contributed by atoms with Gasteiger partial charge in [-0.3, -0.25) is 4.68 Å². The van der Waals surface area contributed by atoms with Crippen LogP contribution >= 0.6 is 0 Å². The van der Waals surface area contributed by atoms with E-state index in [-0.39, 0.29) is 0 Å². The topological polar surface area (TPSA) is 71.2 Å². The van der Waals surface area contributed by atoms with Crippen LogP contribution in [0.1, 0.15) is 5.69 Å². The lowest BCUT2D eigenvalue weighted by atomic mass is 9.84. The summed E-state index contributed by atoms with van der Waals surface area (Å²) < 4.78 is 36.9. The Morgan fingerprint density at radius 1 is 1.38 bits per heavy atom. The largest absolute Gasteiger partial charge is 0.510 e. The third kappa shape index (κ3) is 1.81. The lowest BCUT2D eigenvalue weighted by molar-refractivity contribution is -0.140. The van der Waals surface area contributed by atoms with Crippen LogP contribution in [-0.4, -0.2) is 32.2 Å². The minimum atomic E-state index is -4.73. The van der Waals surface area contributed by atoms with E-state index in [1.807, 2.05) is 0 Å². The van der Waals surface area contributed by atoms with Crippen molar-refractivity contribution in [3.8, 4) is 0 Å². The van der Waals surface area contributed by atoms with Crippen molar-refractivity contribution in [2.45, 2.75) is 6.18 Å². The van der Waals surface area contributed by atoms with Crippen molar-refractivity contribution in [1.29, 1.82) is 0 Å². The van der Waals surface area contributed by atoms with E-state index < -0.39 is 24.6 Å². The highest BCUT2D eigenvalue weighted by Crippen LogP contribution is 2.25. The zero-order valence-corrected chi connectivity index (χ0v) is 6.45. The molecule has 5 nitrogen and oxygen atoms in total. The predicted molar refractivity (Wildman–Crippen MR) is 35.8 cm³/mol. The monoisotopic (exact) mass is 195 g/mol.